The van der Waals surface area contributed by atoms with Gasteiger partial charge in [-0.2, -0.15) is 0 Å². The van der Waals surface area contributed by atoms with Gasteiger partial charge in [0.05, 0.1) is 0 Å². The monoisotopic (exact) mass is 172 g/mol. The Morgan fingerprint density at radius 2 is 1.92 bits per heavy atom. The Hall–Kier alpha value is -1.30. The molecule has 0 saturated carbocycles. The standard InChI is InChI=1S/C13H16/c1-4-11(2)10-12(3)13-8-6-5-7-9-13/h5-10H,3-4H2,1-2H3/b11-10+. The van der Waals surface area contributed by atoms with E-state index in [1.807, 2.05) is 18.2 Å². The Labute approximate surface area is 80.6 Å². The molecular formula is C13H16. The van der Waals surface area contributed by atoms with Gasteiger partial charge in [0.2, 0.25) is 0 Å². The van der Waals surface area contributed by atoms with Crippen molar-refractivity contribution in [2.75, 3.05) is 0 Å². The van der Waals surface area contributed by atoms with Gasteiger partial charge in [-0.1, -0.05) is 55.5 Å². The van der Waals surface area contributed by atoms with Crippen molar-refractivity contribution in [3.8, 4) is 0 Å². The molecule has 0 aliphatic heterocycles. The molecule has 1 aromatic rings. The first-order valence-electron chi connectivity index (χ1n) is 4.65. The quantitative estimate of drug-likeness (QED) is 0.603. The van der Waals surface area contributed by atoms with E-state index in [0.29, 0.717) is 0 Å². The SMILES string of the molecule is C=C(/C=C(\C)CC)c1ccccc1. The summed E-state index contributed by atoms with van der Waals surface area (Å²) in [6, 6.07) is 10.3. The topological polar surface area (TPSA) is 0 Å². The highest BCUT2D eigenvalue weighted by atomic mass is 14.0. The van der Waals surface area contributed by atoms with Gasteiger partial charge in [0.15, 0.2) is 0 Å². The zero-order valence-electron chi connectivity index (χ0n) is 8.38. The average molecular weight is 172 g/mol. The zero-order chi connectivity index (χ0) is 9.68. The van der Waals surface area contributed by atoms with Crippen molar-refractivity contribution in [3.05, 3.63) is 54.1 Å². The lowest BCUT2D eigenvalue weighted by Crippen LogP contribution is -1.79. The van der Waals surface area contributed by atoms with Gasteiger partial charge in [-0.05, 0) is 24.5 Å². The van der Waals surface area contributed by atoms with E-state index in [9.17, 15) is 0 Å². The Bertz CT molecular complexity index is 304. The second-order valence-corrected chi connectivity index (χ2v) is 3.24. The van der Waals surface area contributed by atoms with Crippen molar-refractivity contribution in [2.45, 2.75) is 20.3 Å². The molecule has 0 spiro atoms. The summed E-state index contributed by atoms with van der Waals surface area (Å²) < 4.78 is 0. The molecule has 0 radical (unpaired) electrons. The average Bonchev–Trinajstić information content (AvgIpc) is 2.19. The van der Waals surface area contributed by atoms with Gasteiger partial charge in [0.25, 0.3) is 0 Å². The summed E-state index contributed by atoms with van der Waals surface area (Å²) in [5, 5.41) is 0. The van der Waals surface area contributed by atoms with E-state index in [-0.39, 0.29) is 0 Å². The van der Waals surface area contributed by atoms with Gasteiger partial charge >= 0.3 is 0 Å². The molecule has 0 unspecified atom stereocenters. The highest BCUT2D eigenvalue weighted by molar-refractivity contribution is 5.72. The molecule has 1 aromatic carbocycles. The minimum Gasteiger partial charge on any atom is -0.0912 e. The van der Waals surface area contributed by atoms with E-state index in [2.05, 4.69) is 38.6 Å². The fourth-order valence-corrected chi connectivity index (χ4v) is 1.14. The van der Waals surface area contributed by atoms with Crippen molar-refractivity contribution in [1.29, 1.82) is 0 Å². The molecule has 0 heterocycles. The van der Waals surface area contributed by atoms with E-state index in [0.717, 1.165) is 12.0 Å². The molecule has 0 N–H and O–H groups in total. The van der Waals surface area contributed by atoms with Crippen LogP contribution in [0.4, 0.5) is 0 Å². The van der Waals surface area contributed by atoms with Gasteiger partial charge in [0.1, 0.15) is 0 Å². The third-order valence-electron chi connectivity index (χ3n) is 2.12. The molecule has 0 heteroatoms. The first-order chi connectivity index (χ1) is 6.24. The van der Waals surface area contributed by atoms with Crippen molar-refractivity contribution < 1.29 is 0 Å². The second-order valence-electron chi connectivity index (χ2n) is 3.24. The maximum Gasteiger partial charge on any atom is -0.0190 e. The van der Waals surface area contributed by atoms with Crippen LogP contribution >= 0.6 is 0 Å². The summed E-state index contributed by atoms with van der Waals surface area (Å²) in [5.41, 5.74) is 3.67. The molecular weight excluding hydrogens is 156 g/mol. The van der Waals surface area contributed by atoms with E-state index < -0.39 is 0 Å². The molecule has 1 rings (SSSR count). The van der Waals surface area contributed by atoms with Gasteiger partial charge in [-0.15, -0.1) is 0 Å². The van der Waals surface area contributed by atoms with E-state index in [4.69, 9.17) is 0 Å². The minimum atomic E-state index is 1.09. The van der Waals surface area contributed by atoms with Crippen LogP contribution in [0.2, 0.25) is 0 Å². The summed E-state index contributed by atoms with van der Waals surface area (Å²) in [6.07, 6.45) is 3.24. The Kier molecular flexibility index (Phi) is 3.51. The highest BCUT2D eigenvalue weighted by Gasteiger charge is 1.93. The van der Waals surface area contributed by atoms with Crippen LogP contribution in [0.5, 0.6) is 0 Å². The predicted molar refractivity (Wildman–Crippen MR) is 59.5 cm³/mol. The molecule has 0 fully saturated rings. The van der Waals surface area contributed by atoms with Crippen LogP contribution in [-0.4, -0.2) is 0 Å². The molecule has 0 bridgehead atoms. The van der Waals surface area contributed by atoms with Gasteiger partial charge in [-0.3, -0.25) is 0 Å². The smallest absolute Gasteiger partial charge is 0.0190 e. The van der Waals surface area contributed by atoms with Crippen LogP contribution in [0.15, 0.2) is 48.6 Å². The maximum atomic E-state index is 4.04. The summed E-state index contributed by atoms with van der Waals surface area (Å²) in [5.74, 6) is 0. The normalized spacial score (nSPS) is 11.4. The van der Waals surface area contributed by atoms with Crippen LogP contribution < -0.4 is 0 Å². The van der Waals surface area contributed by atoms with E-state index in [1.165, 1.54) is 11.1 Å². The molecule has 0 amide bonds. The lowest BCUT2D eigenvalue weighted by molar-refractivity contribution is 1.10. The second kappa shape index (κ2) is 4.66. The fraction of sp³-hybridized carbons (Fsp3) is 0.231. The fourth-order valence-electron chi connectivity index (χ4n) is 1.14. The molecule has 0 nitrogen and oxygen atoms in total. The first-order valence-corrected chi connectivity index (χ1v) is 4.65. The van der Waals surface area contributed by atoms with Crippen LogP contribution in [0, 0.1) is 0 Å². The Balaban J connectivity index is 2.81. The van der Waals surface area contributed by atoms with Gasteiger partial charge < -0.3 is 0 Å². The van der Waals surface area contributed by atoms with Gasteiger partial charge in [-0.25, -0.2) is 0 Å². The lowest BCUT2D eigenvalue weighted by Gasteiger charge is -2.01. The summed E-state index contributed by atoms with van der Waals surface area (Å²) >= 11 is 0. The summed E-state index contributed by atoms with van der Waals surface area (Å²) in [4.78, 5) is 0. The maximum absolute atomic E-state index is 4.04. The molecule has 68 valence electrons. The van der Waals surface area contributed by atoms with Crippen LogP contribution in [0.25, 0.3) is 5.57 Å². The molecule has 13 heavy (non-hydrogen) atoms. The van der Waals surface area contributed by atoms with Gasteiger partial charge in [0, 0.05) is 0 Å². The summed E-state index contributed by atoms with van der Waals surface area (Å²) in [7, 11) is 0. The molecule has 0 aromatic heterocycles. The van der Waals surface area contributed by atoms with Crippen molar-refractivity contribution in [2.24, 2.45) is 0 Å². The van der Waals surface area contributed by atoms with Crippen molar-refractivity contribution in [1.82, 2.24) is 0 Å². The number of rotatable bonds is 3. The molecule has 0 aliphatic carbocycles. The molecule has 0 saturated heterocycles. The van der Waals surface area contributed by atoms with E-state index in [1.54, 1.807) is 0 Å². The van der Waals surface area contributed by atoms with Crippen LogP contribution in [0.1, 0.15) is 25.8 Å². The lowest BCUT2D eigenvalue weighted by atomic mass is 10.0. The van der Waals surface area contributed by atoms with Crippen molar-refractivity contribution in [3.63, 3.8) is 0 Å². The largest absolute Gasteiger partial charge is 0.0912 e. The van der Waals surface area contributed by atoms with Crippen molar-refractivity contribution >= 4 is 5.57 Å². The predicted octanol–water partition coefficient (Wildman–Crippen LogP) is 4.06. The highest BCUT2D eigenvalue weighted by Crippen LogP contribution is 2.15. The molecule has 0 aliphatic rings. The number of benzene rings is 1. The third-order valence-corrected chi connectivity index (χ3v) is 2.12. The zero-order valence-corrected chi connectivity index (χ0v) is 8.38. The third kappa shape index (κ3) is 2.90. The molecule has 0 atom stereocenters. The van der Waals surface area contributed by atoms with Crippen LogP contribution in [-0.2, 0) is 0 Å². The number of hydrogen-bond acceptors (Lipinski definition) is 0. The summed E-state index contributed by atoms with van der Waals surface area (Å²) in [6.45, 7) is 8.33. The Morgan fingerprint density at radius 1 is 1.31 bits per heavy atom. The number of hydrogen-bond donors (Lipinski definition) is 0. The Morgan fingerprint density at radius 3 is 2.46 bits per heavy atom. The minimum absolute atomic E-state index is 1.09. The van der Waals surface area contributed by atoms with E-state index >= 15 is 0 Å². The van der Waals surface area contributed by atoms with Crippen LogP contribution in [0.3, 0.4) is 0 Å². The first kappa shape index (κ1) is 9.79. The number of allylic oxidation sites excluding steroid dienone is 3.